The van der Waals surface area contributed by atoms with Gasteiger partial charge in [0.15, 0.2) is 0 Å². The molecule has 0 aromatic heterocycles. The molecule has 0 radical (unpaired) electrons. The molecule has 3 unspecified atom stereocenters. The number of nitrogens with one attached hydrogen (secondary N) is 3. The van der Waals surface area contributed by atoms with Gasteiger partial charge in [0.05, 0.1) is 6.04 Å². The SMILES string of the molecule is CC1CNC(C(=O)NC2CONC2=O)C1. The lowest BCUT2D eigenvalue weighted by molar-refractivity contribution is -0.129. The Kier molecular flexibility index (Phi) is 2.88. The van der Waals surface area contributed by atoms with Crippen LogP contribution in [0, 0.1) is 5.92 Å². The van der Waals surface area contributed by atoms with Crippen molar-refractivity contribution in [1.29, 1.82) is 0 Å². The second-order valence-electron chi connectivity index (χ2n) is 4.14. The first-order valence-corrected chi connectivity index (χ1v) is 5.12. The van der Waals surface area contributed by atoms with Crippen molar-refractivity contribution in [2.45, 2.75) is 25.4 Å². The molecular weight excluding hydrogens is 198 g/mol. The van der Waals surface area contributed by atoms with E-state index in [2.05, 4.69) is 23.0 Å². The van der Waals surface area contributed by atoms with Gasteiger partial charge in [-0.05, 0) is 18.9 Å². The molecule has 2 fully saturated rings. The van der Waals surface area contributed by atoms with Crippen LogP contribution in [0.1, 0.15) is 13.3 Å². The molecule has 6 heteroatoms. The monoisotopic (exact) mass is 213 g/mol. The van der Waals surface area contributed by atoms with Crippen molar-refractivity contribution in [2.24, 2.45) is 5.92 Å². The normalized spacial score (nSPS) is 35.3. The van der Waals surface area contributed by atoms with Crippen molar-refractivity contribution in [3.05, 3.63) is 0 Å². The van der Waals surface area contributed by atoms with Crippen LogP contribution in [-0.2, 0) is 14.4 Å². The van der Waals surface area contributed by atoms with Crippen molar-refractivity contribution in [3.63, 3.8) is 0 Å². The fourth-order valence-corrected chi connectivity index (χ4v) is 1.83. The Morgan fingerprint density at radius 1 is 1.60 bits per heavy atom. The molecule has 3 N–H and O–H groups in total. The van der Waals surface area contributed by atoms with Gasteiger partial charge in [0.1, 0.15) is 12.6 Å². The summed E-state index contributed by atoms with van der Waals surface area (Å²) in [6.45, 7) is 3.14. The van der Waals surface area contributed by atoms with Crippen LogP contribution in [0.3, 0.4) is 0 Å². The predicted molar refractivity (Wildman–Crippen MR) is 51.6 cm³/mol. The molecule has 2 aliphatic rings. The molecule has 0 aromatic rings. The number of hydroxylamine groups is 1. The molecular formula is C9H15N3O3. The van der Waals surface area contributed by atoms with Gasteiger partial charge in [-0.2, -0.15) is 0 Å². The van der Waals surface area contributed by atoms with E-state index < -0.39 is 6.04 Å². The molecule has 2 rings (SSSR count). The summed E-state index contributed by atoms with van der Waals surface area (Å²) in [4.78, 5) is 27.5. The summed E-state index contributed by atoms with van der Waals surface area (Å²) >= 11 is 0. The summed E-state index contributed by atoms with van der Waals surface area (Å²) in [6, 6.07) is -0.719. The van der Waals surface area contributed by atoms with Gasteiger partial charge in [0, 0.05) is 0 Å². The van der Waals surface area contributed by atoms with Crippen LogP contribution in [0.2, 0.25) is 0 Å². The molecule has 2 amide bonds. The molecule has 0 saturated carbocycles. The molecule has 6 nitrogen and oxygen atoms in total. The number of hydrogen-bond acceptors (Lipinski definition) is 4. The maximum atomic E-state index is 11.7. The van der Waals surface area contributed by atoms with E-state index in [1.54, 1.807) is 0 Å². The van der Waals surface area contributed by atoms with Crippen molar-refractivity contribution in [2.75, 3.05) is 13.2 Å². The van der Waals surface area contributed by atoms with Gasteiger partial charge in [-0.3, -0.25) is 14.4 Å². The highest BCUT2D eigenvalue weighted by Gasteiger charge is 2.32. The Balaban J connectivity index is 1.84. The predicted octanol–water partition coefficient (Wildman–Crippen LogP) is -1.47. The number of hydrogen-bond donors (Lipinski definition) is 3. The zero-order chi connectivity index (χ0) is 10.8. The third-order valence-corrected chi connectivity index (χ3v) is 2.72. The van der Waals surface area contributed by atoms with Gasteiger partial charge < -0.3 is 10.6 Å². The second-order valence-corrected chi connectivity index (χ2v) is 4.14. The summed E-state index contributed by atoms with van der Waals surface area (Å²) < 4.78 is 0. The van der Waals surface area contributed by atoms with E-state index >= 15 is 0 Å². The van der Waals surface area contributed by atoms with Gasteiger partial charge in [-0.15, -0.1) is 0 Å². The Morgan fingerprint density at radius 3 is 2.93 bits per heavy atom. The molecule has 15 heavy (non-hydrogen) atoms. The Morgan fingerprint density at radius 2 is 2.40 bits per heavy atom. The first-order valence-electron chi connectivity index (χ1n) is 5.12. The van der Waals surface area contributed by atoms with Crippen LogP contribution in [0.15, 0.2) is 0 Å². The summed E-state index contributed by atoms with van der Waals surface area (Å²) in [5.74, 6) is 0.105. The maximum absolute atomic E-state index is 11.7. The van der Waals surface area contributed by atoms with Crippen LogP contribution < -0.4 is 16.1 Å². The van der Waals surface area contributed by atoms with E-state index in [-0.39, 0.29) is 24.5 Å². The summed E-state index contributed by atoms with van der Waals surface area (Å²) in [7, 11) is 0. The highest BCUT2D eigenvalue weighted by molar-refractivity contribution is 5.90. The Bertz CT molecular complexity index is 282. The zero-order valence-corrected chi connectivity index (χ0v) is 8.58. The number of rotatable bonds is 2. The number of carbonyl (C=O) groups is 2. The van der Waals surface area contributed by atoms with Crippen LogP contribution >= 0.6 is 0 Å². The van der Waals surface area contributed by atoms with Gasteiger partial charge >= 0.3 is 0 Å². The third-order valence-electron chi connectivity index (χ3n) is 2.72. The van der Waals surface area contributed by atoms with Crippen LogP contribution in [0.5, 0.6) is 0 Å². The fraction of sp³-hybridized carbons (Fsp3) is 0.778. The molecule has 0 aromatic carbocycles. The lowest BCUT2D eigenvalue weighted by atomic mass is 10.1. The Hall–Kier alpha value is -1.14. The van der Waals surface area contributed by atoms with Gasteiger partial charge in [-0.25, -0.2) is 5.48 Å². The second kappa shape index (κ2) is 4.16. The van der Waals surface area contributed by atoms with Crippen molar-refractivity contribution in [1.82, 2.24) is 16.1 Å². The first kappa shape index (κ1) is 10.4. The highest BCUT2D eigenvalue weighted by Crippen LogP contribution is 2.12. The van der Waals surface area contributed by atoms with E-state index in [1.807, 2.05) is 0 Å². The zero-order valence-electron chi connectivity index (χ0n) is 8.58. The minimum atomic E-state index is -0.546. The molecule has 2 saturated heterocycles. The largest absolute Gasteiger partial charge is 0.341 e. The molecule has 0 spiro atoms. The van der Waals surface area contributed by atoms with Crippen molar-refractivity contribution >= 4 is 11.8 Å². The smallest absolute Gasteiger partial charge is 0.268 e. The molecule has 0 aliphatic carbocycles. The van der Waals surface area contributed by atoms with Crippen molar-refractivity contribution in [3.8, 4) is 0 Å². The van der Waals surface area contributed by atoms with Gasteiger partial charge in [-0.1, -0.05) is 6.92 Å². The van der Waals surface area contributed by atoms with Crippen LogP contribution in [0.4, 0.5) is 0 Å². The minimum Gasteiger partial charge on any atom is -0.341 e. The number of carbonyl (C=O) groups excluding carboxylic acids is 2. The first-order chi connectivity index (χ1) is 7.16. The Labute approximate surface area is 87.7 Å². The average molecular weight is 213 g/mol. The van der Waals surface area contributed by atoms with E-state index in [0.717, 1.165) is 13.0 Å². The summed E-state index contributed by atoms with van der Waals surface area (Å²) in [6.07, 6.45) is 0.820. The molecule has 3 atom stereocenters. The summed E-state index contributed by atoms with van der Waals surface area (Å²) in [5.41, 5.74) is 2.20. The molecule has 2 heterocycles. The van der Waals surface area contributed by atoms with Crippen molar-refractivity contribution < 1.29 is 14.4 Å². The molecule has 84 valence electrons. The fourth-order valence-electron chi connectivity index (χ4n) is 1.83. The minimum absolute atomic E-state index is 0.120. The van der Waals surface area contributed by atoms with E-state index in [4.69, 9.17) is 4.84 Å². The van der Waals surface area contributed by atoms with E-state index in [1.165, 1.54) is 0 Å². The molecule has 0 bridgehead atoms. The van der Waals surface area contributed by atoms with E-state index in [0.29, 0.717) is 5.92 Å². The maximum Gasteiger partial charge on any atom is 0.268 e. The lowest BCUT2D eigenvalue weighted by Gasteiger charge is -2.13. The number of amides is 2. The van der Waals surface area contributed by atoms with Gasteiger partial charge in [0.25, 0.3) is 5.91 Å². The van der Waals surface area contributed by atoms with Gasteiger partial charge in [0.2, 0.25) is 5.91 Å². The average Bonchev–Trinajstić information content (AvgIpc) is 2.77. The standard InChI is InChI=1S/C9H15N3O3/c1-5-2-6(10-3-5)8(13)11-7-4-15-12-9(7)14/h5-7,10H,2-4H2,1H3,(H,11,13)(H,12,14). The highest BCUT2D eigenvalue weighted by atomic mass is 16.7. The quantitative estimate of drug-likeness (QED) is 0.523. The topological polar surface area (TPSA) is 79.5 Å². The van der Waals surface area contributed by atoms with Crippen LogP contribution in [-0.4, -0.2) is 37.0 Å². The molecule has 2 aliphatic heterocycles. The van der Waals surface area contributed by atoms with Crippen LogP contribution in [0.25, 0.3) is 0 Å². The lowest BCUT2D eigenvalue weighted by Crippen LogP contribution is -2.48. The summed E-state index contributed by atoms with van der Waals surface area (Å²) in [5, 5.41) is 5.76. The third kappa shape index (κ3) is 2.27. The van der Waals surface area contributed by atoms with E-state index in [9.17, 15) is 9.59 Å².